The second-order valence-corrected chi connectivity index (χ2v) is 0.913. The molecule has 0 aliphatic rings. The van der Waals surface area contributed by atoms with E-state index in [0.29, 0.717) is 64.7 Å². The van der Waals surface area contributed by atoms with Gasteiger partial charge in [0, 0.05) is 19.5 Å². The summed E-state index contributed by atoms with van der Waals surface area (Å²) in [5.74, 6) is 0. The number of rotatable bonds is 0. The van der Waals surface area contributed by atoms with Crippen LogP contribution in [0.4, 0.5) is 0 Å². The quantitative estimate of drug-likeness (QED) is 0.109. The minimum atomic E-state index is 0. The first-order valence-corrected chi connectivity index (χ1v) is 4.28. The third-order valence-corrected chi connectivity index (χ3v) is 0. The Kier molecular flexibility index (Phi) is 1230. The third kappa shape index (κ3) is 630. The summed E-state index contributed by atoms with van der Waals surface area (Å²) >= 11 is 0. The van der Waals surface area contributed by atoms with Crippen LogP contribution in [0.5, 0.6) is 0 Å². The molecule has 182 valence electrons. The fraction of sp³-hybridized carbons (Fsp3) is 0. The van der Waals surface area contributed by atoms with E-state index in [9.17, 15) is 0 Å². The maximum Gasteiger partial charge on any atom is 0 e. The van der Waals surface area contributed by atoms with Crippen LogP contribution in [0.1, 0.15) is 0 Å². The van der Waals surface area contributed by atoms with Gasteiger partial charge in [-0.2, -0.15) is 0 Å². The second kappa shape index (κ2) is 529. The normalized spacial score (nSPS) is 3.87. The maximum atomic E-state index is 8.24. The van der Waals surface area contributed by atoms with Crippen LogP contribution in [0.15, 0.2) is 0 Å². The molecule has 0 unspecified atom stereocenters. The van der Waals surface area contributed by atoms with Gasteiger partial charge in [0.1, 0.15) is 0 Å². The van der Waals surface area contributed by atoms with Crippen molar-refractivity contribution in [1.29, 1.82) is 0 Å². The van der Waals surface area contributed by atoms with Crippen molar-refractivity contribution >= 4 is 64.7 Å². The van der Waals surface area contributed by atoms with Gasteiger partial charge in [0.2, 0.25) is 0 Å². The van der Waals surface area contributed by atoms with Crippen LogP contribution in [0, 0.1) is 0 Å². The standard InChI is InChI=1S/10CHO2.Zn/c10*2-1-3;/h10*(H,2,3);/q10*-1;. The molecule has 10 N–H and O–H groups in total. The van der Waals surface area contributed by atoms with Crippen molar-refractivity contribution < 1.29 is 118 Å². The van der Waals surface area contributed by atoms with Crippen molar-refractivity contribution in [3.05, 3.63) is 0 Å². The number of hydrogen-bond acceptors (Lipinski definition) is 10. The third-order valence-electron chi connectivity index (χ3n) is 0. The molecular weight excluding hydrogens is 505 g/mol. The van der Waals surface area contributed by atoms with E-state index >= 15 is 0 Å². The van der Waals surface area contributed by atoms with Gasteiger partial charge in [-0.3, -0.25) is 0 Å². The van der Waals surface area contributed by atoms with E-state index in [4.69, 9.17) is 99.0 Å². The Morgan fingerprint density at radius 2 is 0.226 bits per heavy atom. The molecule has 0 atom stereocenters. The number of aliphatic hydroxyl groups excluding tert-OH is 10. The molecule has 0 aliphatic carbocycles. The summed E-state index contributed by atoms with van der Waals surface area (Å²) in [4.78, 5) is 82.4. The van der Waals surface area contributed by atoms with Crippen LogP contribution < -0.4 is 0 Å². The van der Waals surface area contributed by atoms with Gasteiger partial charge < -0.3 is 99.0 Å². The molecule has 0 aromatic rings. The molecule has 31 heavy (non-hydrogen) atoms. The summed E-state index contributed by atoms with van der Waals surface area (Å²) in [6.45, 7) is 5.00. The Morgan fingerprint density at radius 3 is 0.226 bits per heavy atom. The minimum absolute atomic E-state index is 0. The molecule has 0 aliphatic heterocycles. The first-order chi connectivity index (χ1) is 14.1. The smallest absolute Gasteiger partial charge is 0 e. The summed E-state index contributed by atoms with van der Waals surface area (Å²) in [5.41, 5.74) is 0. The summed E-state index contributed by atoms with van der Waals surface area (Å²) in [5, 5.41) is 67.6. The van der Waals surface area contributed by atoms with Crippen LogP contribution in [0.25, 0.3) is 0 Å². The van der Waals surface area contributed by atoms with Gasteiger partial charge >= 0.3 is 0 Å². The monoisotopic (exact) mass is 514 g/mol. The second-order valence-electron chi connectivity index (χ2n) is 0.913. The topological polar surface area (TPSA) is 373 Å². The average Bonchev–Trinajstić information content (AvgIpc) is 2.61. The Morgan fingerprint density at radius 1 is 0.226 bits per heavy atom. The average molecular weight is 516 g/mol. The zero-order chi connectivity index (χ0) is 27.1. The first-order valence-electron chi connectivity index (χ1n) is 4.28. The Hall–Kier alpha value is -4.68. The Balaban J connectivity index is -0.0000000159. The molecule has 20 nitrogen and oxygen atoms in total. The predicted molar refractivity (Wildman–Crippen MR) is 83.2 cm³/mol. The van der Waals surface area contributed by atoms with E-state index in [1.165, 1.54) is 0 Å². The molecule has 0 fully saturated rings. The Labute approximate surface area is 184 Å². The predicted octanol–water partition coefficient (Wildman–Crippen LogP) is -3.89. The van der Waals surface area contributed by atoms with Gasteiger partial charge in [-0.05, 0) is 0 Å². The van der Waals surface area contributed by atoms with E-state index in [2.05, 4.69) is 0 Å². The first kappa shape index (κ1) is 71.9. The van der Waals surface area contributed by atoms with Crippen molar-refractivity contribution in [2.45, 2.75) is 0 Å². The molecule has 0 spiro atoms. The van der Waals surface area contributed by atoms with Crippen molar-refractivity contribution in [3.63, 3.8) is 0 Å². The van der Waals surface area contributed by atoms with E-state index in [0.717, 1.165) is 0 Å². The Bertz CT molecular complexity index is 209. The zero-order valence-corrected chi connectivity index (χ0v) is 17.2. The van der Waals surface area contributed by atoms with Gasteiger partial charge in [-0.25, -0.2) is 0 Å². The molecule has 0 saturated heterocycles. The van der Waals surface area contributed by atoms with E-state index in [1.807, 2.05) is 0 Å². The molecule has 0 radical (unpaired) electrons. The van der Waals surface area contributed by atoms with E-state index in [-0.39, 0.29) is 19.5 Å². The van der Waals surface area contributed by atoms with Crippen LogP contribution in [0.3, 0.4) is 0 Å². The van der Waals surface area contributed by atoms with Crippen molar-refractivity contribution in [2.24, 2.45) is 0 Å². The largest absolute Gasteiger partial charge is 0.665 e. The fourth-order valence-corrected chi connectivity index (χ4v) is 0. The van der Waals surface area contributed by atoms with Gasteiger partial charge in [-0.15, -0.1) is 0 Å². The molecular formula is C10H10O20Zn-10. The van der Waals surface area contributed by atoms with Gasteiger partial charge in [0.25, 0.3) is 0 Å². The minimum Gasteiger partial charge on any atom is -0.665 e. The molecule has 0 amide bonds. The zero-order valence-electron chi connectivity index (χ0n) is 14.3. The van der Waals surface area contributed by atoms with Crippen molar-refractivity contribution in [1.82, 2.24) is 0 Å². The van der Waals surface area contributed by atoms with Crippen LogP contribution in [0.2, 0.25) is 0 Å². The molecule has 21 heteroatoms. The molecule has 0 rings (SSSR count). The summed E-state index contributed by atoms with van der Waals surface area (Å²) in [6.07, 6.45) is 0. The van der Waals surface area contributed by atoms with Crippen LogP contribution in [-0.2, 0) is 67.4 Å². The SMILES string of the molecule is O=[C-]O.O=[C-]O.O=[C-]O.O=[C-]O.O=[C-]O.O=[C-]O.O=[C-]O.O=[C-]O.O=[C-]O.O=[C-]O.[Zn]. The van der Waals surface area contributed by atoms with Crippen LogP contribution >= 0.6 is 0 Å². The van der Waals surface area contributed by atoms with Gasteiger partial charge in [0.05, 0.1) is 0 Å². The molecule has 0 heterocycles. The maximum absolute atomic E-state index is 8.24. The van der Waals surface area contributed by atoms with Crippen molar-refractivity contribution in [3.8, 4) is 0 Å². The van der Waals surface area contributed by atoms with Crippen molar-refractivity contribution in [2.75, 3.05) is 0 Å². The molecule has 0 bridgehead atoms. The number of hydrogen-bond donors (Lipinski definition) is 10. The molecule has 0 aromatic heterocycles. The van der Waals surface area contributed by atoms with E-state index < -0.39 is 0 Å². The fourth-order valence-electron chi connectivity index (χ4n) is 0. The molecule has 0 aromatic carbocycles. The van der Waals surface area contributed by atoms with Gasteiger partial charge in [0.15, 0.2) is 0 Å². The van der Waals surface area contributed by atoms with E-state index in [1.54, 1.807) is 0 Å². The molecule has 0 saturated carbocycles. The summed E-state index contributed by atoms with van der Waals surface area (Å²) < 4.78 is 0. The summed E-state index contributed by atoms with van der Waals surface area (Å²) in [6, 6.07) is 0. The summed E-state index contributed by atoms with van der Waals surface area (Å²) in [7, 11) is 0. The van der Waals surface area contributed by atoms with Gasteiger partial charge in [-0.1, -0.05) is 64.7 Å². The van der Waals surface area contributed by atoms with Crippen LogP contribution in [-0.4, -0.2) is 116 Å².